The molecule has 10 heteroatoms. The van der Waals surface area contributed by atoms with Gasteiger partial charge >= 0.3 is 0 Å². The molecule has 10 nitrogen and oxygen atoms in total. The summed E-state index contributed by atoms with van der Waals surface area (Å²) in [4.78, 5) is 7.79. The van der Waals surface area contributed by atoms with Gasteiger partial charge in [0.25, 0.3) is 0 Å². The fraction of sp³-hybridized carbons (Fsp3) is 0.0741. The van der Waals surface area contributed by atoms with Crippen molar-refractivity contribution >= 4 is 56.2 Å². The molecule has 0 saturated heterocycles. The van der Waals surface area contributed by atoms with Gasteiger partial charge in [-0.3, -0.25) is 0 Å². The van der Waals surface area contributed by atoms with E-state index in [2.05, 4.69) is 133 Å². The van der Waals surface area contributed by atoms with Crippen LogP contribution in [0.3, 0.4) is 0 Å². The summed E-state index contributed by atoms with van der Waals surface area (Å²) in [6.45, 7) is 4.92. The van der Waals surface area contributed by atoms with Crippen molar-refractivity contribution in [2.75, 3.05) is 9.80 Å². The van der Waals surface area contributed by atoms with E-state index < -0.39 is 0 Å². The monoisotopic (exact) mass is 828 g/mol. The quantitative estimate of drug-likeness (QED) is 0.118. The van der Waals surface area contributed by atoms with Crippen LogP contribution in [0.1, 0.15) is 25.0 Å². The normalized spacial score (nSPS) is 11.1. The molecule has 0 radical (unpaired) electrons. The molecule has 64 heavy (non-hydrogen) atoms. The van der Waals surface area contributed by atoms with Crippen molar-refractivity contribution in [1.29, 1.82) is 10.5 Å². The van der Waals surface area contributed by atoms with Crippen LogP contribution in [-0.4, -0.2) is 20.1 Å². The first-order chi connectivity index (χ1) is 31.5. The van der Waals surface area contributed by atoms with E-state index in [0.717, 1.165) is 56.4 Å². The molecule has 0 aliphatic heterocycles. The van der Waals surface area contributed by atoms with E-state index in [9.17, 15) is 10.5 Å². The molecule has 2 heterocycles. The summed E-state index contributed by atoms with van der Waals surface area (Å²) in [5.41, 5.74) is 13.2. The number of hydrogen-bond donors (Lipinski definition) is 0. The molecule has 0 bridgehead atoms. The Bertz CT molecular complexity index is 3070. The third-order valence-electron chi connectivity index (χ3n) is 11.1. The van der Waals surface area contributed by atoms with E-state index in [1.807, 2.05) is 72.8 Å². The molecule has 0 amide bonds. The standard InChI is InChI=1S/C54H40N10/c1-37(2)36-61-57-51-49(38-23-28-46(29-24-38)62(42-15-7-3-8-16-42)43-17-9-4-10-18-43)53-54(60-64(59-53)48-32-27-40(34-55)41(33-48)35-56)50(52(51)58-61)39-25-30-47(31-26-39)63(44-19-11-5-12-20-44)45-21-13-6-14-22-45/h3-33,37H,36H2,1-2H3. The van der Waals surface area contributed by atoms with E-state index in [1.165, 1.54) is 0 Å². The topological polar surface area (TPSA) is 116 Å². The maximum atomic E-state index is 9.97. The summed E-state index contributed by atoms with van der Waals surface area (Å²) in [7, 11) is 0. The summed E-state index contributed by atoms with van der Waals surface area (Å²) >= 11 is 0. The molecular formula is C54H40N10. The predicted molar refractivity (Wildman–Crippen MR) is 252 cm³/mol. The SMILES string of the molecule is CC(C)C[n+]1nc2c(-c3ccc(N(c4ccccc4)c4ccccc4)cc3)c3nn(-c4ccc(C#N)c(C#N)c4)nc3c(-c3ccc(N(c4ccccc4)c4ccccc4)cc3)c2[n-]1. The molecule has 0 N–H and O–H groups in total. The zero-order valence-electron chi connectivity index (χ0n) is 35.2. The molecule has 0 aliphatic carbocycles. The van der Waals surface area contributed by atoms with Crippen molar-refractivity contribution in [2.45, 2.75) is 20.4 Å². The lowest BCUT2D eigenvalue weighted by Gasteiger charge is -2.25. The molecule has 0 unspecified atom stereocenters. The summed E-state index contributed by atoms with van der Waals surface area (Å²) < 4.78 is 0. The average Bonchev–Trinajstić information content (AvgIpc) is 3.97. The Balaban J connectivity index is 1.19. The second-order valence-electron chi connectivity index (χ2n) is 15.8. The second kappa shape index (κ2) is 16.9. The Morgan fingerprint density at radius 3 is 1.38 bits per heavy atom. The van der Waals surface area contributed by atoms with Gasteiger partial charge in [0.05, 0.1) is 16.8 Å². The Morgan fingerprint density at radius 1 is 0.516 bits per heavy atom. The van der Waals surface area contributed by atoms with E-state index in [-0.39, 0.29) is 11.1 Å². The van der Waals surface area contributed by atoms with Crippen LogP contribution in [0.15, 0.2) is 188 Å². The number of fused-ring (bicyclic) bond motifs is 2. The molecule has 306 valence electrons. The molecule has 10 rings (SSSR count). The highest BCUT2D eigenvalue weighted by Gasteiger charge is 2.25. The molecular weight excluding hydrogens is 789 g/mol. The zero-order chi connectivity index (χ0) is 43.6. The smallest absolute Gasteiger partial charge is 0.165 e. The van der Waals surface area contributed by atoms with Crippen molar-refractivity contribution in [3.8, 4) is 40.1 Å². The highest BCUT2D eigenvalue weighted by molar-refractivity contribution is 6.16. The van der Waals surface area contributed by atoms with E-state index in [4.69, 9.17) is 20.4 Å². The van der Waals surface area contributed by atoms with Crippen molar-refractivity contribution < 1.29 is 4.80 Å². The van der Waals surface area contributed by atoms with Gasteiger partial charge in [0, 0.05) is 62.2 Å². The van der Waals surface area contributed by atoms with Gasteiger partial charge in [-0.1, -0.05) is 111 Å². The van der Waals surface area contributed by atoms with Crippen LogP contribution in [0.25, 0.3) is 50.0 Å². The summed E-state index contributed by atoms with van der Waals surface area (Å²) in [5.74, 6) is 0.290. The lowest BCUT2D eigenvalue weighted by molar-refractivity contribution is -0.808. The number of para-hydroxylation sites is 4. The van der Waals surface area contributed by atoms with Crippen molar-refractivity contribution in [3.63, 3.8) is 0 Å². The highest BCUT2D eigenvalue weighted by atomic mass is 15.5. The van der Waals surface area contributed by atoms with Gasteiger partial charge in [-0.15, -0.1) is 10.2 Å². The van der Waals surface area contributed by atoms with Crippen LogP contribution in [0.5, 0.6) is 0 Å². The maximum absolute atomic E-state index is 9.97. The number of rotatable bonds is 11. The van der Waals surface area contributed by atoms with E-state index >= 15 is 0 Å². The minimum absolute atomic E-state index is 0.243. The van der Waals surface area contributed by atoms with Crippen molar-refractivity contribution in [3.05, 3.63) is 199 Å². The molecule has 8 aromatic carbocycles. The molecule has 0 aliphatic rings. The molecule has 0 saturated carbocycles. The first kappa shape index (κ1) is 39.3. The van der Waals surface area contributed by atoms with E-state index in [1.54, 1.807) is 27.8 Å². The van der Waals surface area contributed by atoms with Gasteiger partial charge in [0.2, 0.25) is 0 Å². The third kappa shape index (κ3) is 7.36. The van der Waals surface area contributed by atoms with Gasteiger partial charge in [-0.2, -0.15) is 30.3 Å². The van der Waals surface area contributed by atoms with Crippen LogP contribution in [-0.2, 0) is 6.54 Å². The minimum Gasteiger partial charge on any atom is -0.311 e. The Hall–Kier alpha value is -8.86. The molecule has 0 fully saturated rings. The second-order valence-corrected chi connectivity index (χ2v) is 15.8. The number of aromatic nitrogens is 6. The Morgan fingerprint density at radius 2 is 0.938 bits per heavy atom. The van der Waals surface area contributed by atoms with Crippen LogP contribution in [0.4, 0.5) is 34.1 Å². The van der Waals surface area contributed by atoms with Gasteiger partial charge in [0.15, 0.2) is 6.54 Å². The fourth-order valence-electron chi connectivity index (χ4n) is 8.23. The summed E-state index contributed by atoms with van der Waals surface area (Å²) in [6, 6.07) is 67.5. The molecule has 0 spiro atoms. The number of nitriles is 2. The van der Waals surface area contributed by atoms with Crippen LogP contribution in [0.2, 0.25) is 0 Å². The van der Waals surface area contributed by atoms with Crippen LogP contribution in [0, 0.1) is 28.6 Å². The average molecular weight is 829 g/mol. The number of nitrogens with zero attached hydrogens (tertiary/aromatic N) is 10. The predicted octanol–water partition coefficient (Wildman–Crippen LogP) is 11.9. The third-order valence-corrected chi connectivity index (χ3v) is 11.1. The number of anilines is 6. The van der Waals surface area contributed by atoms with Gasteiger partial charge in [0.1, 0.15) is 23.2 Å². The van der Waals surface area contributed by atoms with Gasteiger partial charge in [-0.05, 0) is 102 Å². The largest absolute Gasteiger partial charge is 0.311 e. The summed E-state index contributed by atoms with van der Waals surface area (Å²) in [5, 5.41) is 40.5. The van der Waals surface area contributed by atoms with Crippen LogP contribution < -0.4 is 19.7 Å². The summed E-state index contributed by atoms with van der Waals surface area (Å²) in [6.07, 6.45) is 0. The van der Waals surface area contributed by atoms with Gasteiger partial charge in [-0.25, -0.2) is 0 Å². The first-order valence-electron chi connectivity index (χ1n) is 21.1. The number of benzene rings is 8. The van der Waals surface area contributed by atoms with Gasteiger partial charge < -0.3 is 9.80 Å². The van der Waals surface area contributed by atoms with Crippen LogP contribution >= 0.6 is 0 Å². The highest BCUT2D eigenvalue weighted by Crippen LogP contribution is 2.43. The molecule has 10 aromatic rings. The Labute approximate surface area is 370 Å². The fourth-order valence-corrected chi connectivity index (χ4v) is 8.23. The lowest BCUT2D eigenvalue weighted by Crippen LogP contribution is -2.42. The van der Waals surface area contributed by atoms with E-state index in [0.29, 0.717) is 40.2 Å². The number of hydrogen-bond acceptors (Lipinski definition) is 7. The van der Waals surface area contributed by atoms with Crippen molar-refractivity contribution in [2.24, 2.45) is 5.92 Å². The van der Waals surface area contributed by atoms with Crippen molar-refractivity contribution in [1.82, 2.24) is 25.2 Å². The minimum atomic E-state index is 0.243. The lowest BCUT2D eigenvalue weighted by atomic mass is 9.95. The molecule has 0 atom stereocenters. The first-order valence-corrected chi connectivity index (χ1v) is 21.1. The zero-order valence-corrected chi connectivity index (χ0v) is 35.2. The Kier molecular flexibility index (Phi) is 10.4. The maximum Gasteiger partial charge on any atom is 0.165 e. The molecule has 2 aromatic heterocycles.